The maximum atomic E-state index is 9.07. The fraction of sp³-hybridized carbons (Fsp3) is 0.353. The summed E-state index contributed by atoms with van der Waals surface area (Å²) in [5, 5.41) is 14.8. The Labute approximate surface area is 119 Å². The molecule has 0 bridgehead atoms. The second-order valence-corrected chi connectivity index (χ2v) is 5.27. The minimum Gasteiger partial charge on any atom is -0.493 e. The topological polar surface area (TPSA) is 45.0 Å². The molecule has 1 aliphatic carbocycles. The maximum absolute atomic E-state index is 9.07. The highest BCUT2D eigenvalue weighted by molar-refractivity contribution is 5.83. The monoisotopic (exact) mass is 266 g/mol. The van der Waals surface area contributed by atoms with Crippen molar-refractivity contribution in [3.63, 3.8) is 0 Å². The van der Waals surface area contributed by atoms with Crippen LogP contribution < -0.4 is 10.1 Å². The molecule has 2 aromatic rings. The van der Waals surface area contributed by atoms with Crippen LogP contribution >= 0.6 is 0 Å². The molecule has 0 spiro atoms. The Morgan fingerprint density at radius 3 is 2.75 bits per heavy atom. The van der Waals surface area contributed by atoms with Gasteiger partial charge in [-0.2, -0.15) is 5.26 Å². The van der Waals surface area contributed by atoms with E-state index >= 15 is 0 Å². The van der Waals surface area contributed by atoms with Crippen LogP contribution in [-0.4, -0.2) is 18.7 Å². The van der Waals surface area contributed by atoms with Gasteiger partial charge in [0.1, 0.15) is 5.75 Å². The Morgan fingerprint density at radius 1 is 1.20 bits per heavy atom. The fourth-order valence-corrected chi connectivity index (χ4v) is 2.27. The lowest BCUT2D eigenvalue weighted by atomic mass is 10.1. The molecule has 1 fully saturated rings. The normalized spacial score (nSPS) is 15.8. The average molecular weight is 266 g/mol. The molecule has 0 aliphatic heterocycles. The highest BCUT2D eigenvalue weighted by atomic mass is 16.5. The van der Waals surface area contributed by atoms with E-state index in [2.05, 4.69) is 29.6 Å². The van der Waals surface area contributed by atoms with Crippen LogP contribution in [-0.2, 0) is 0 Å². The van der Waals surface area contributed by atoms with Gasteiger partial charge in [-0.25, -0.2) is 0 Å². The number of ether oxygens (including phenoxy) is 1. The number of rotatable bonds is 6. The van der Waals surface area contributed by atoms with E-state index in [0.29, 0.717) is 12.6 Å². The molecule has 0 saturated heterocycles. The van der Waals surface area contributed by atoms with Gasteiger partial charge in [0.05, 0.1) is 18.7 Å². The molecule has 2 aromatic carbocycles. The zero-order chi connectivity index (χ0) is 13.8. The number of benzene rings is 2. The van der Waals surface area contributed by atoms with E-state index < -0.39 is 0 Å². The Hall–Kier alpha value is -2.05. The van der Waals surface area contributed by atoms with Crippen LogP contribution in [0.15, 0.2) is 42.5 Å². The first kappa shape index (κ1) is 13.0. The van der Waals surface area contributed by atoms with Crippen LogP contribution in [0.3, 0.4) is 0 Å². The number of nitrogens with one attached hydrogen (secondary N) is 1. The molecule has 3 rings (SSSR count). The molecule has 20 heavy (non-hydrogen) atoms. The summed E-state index contributed by atoms with van der Waals surface area (Å²) in [7, 11) is 0. The lowest BCUT2D eigenvalue weighted by Gasteiger charge is -2.12. The maximum Gasteiger partial charge on any atom is 0.119 e. The van der Waals surface area contributed by atoms with Crippen LogP contribution in [0.4, 0.5) is 0 Å². The van der Waals surface area contributed by atoms with Crippen molar-refractivity contribution in [2.24, 2.45) is 0 Å². The zero-order valence-corrected chi connectivity index (χ0v) is 11.4. The molecule has 1 atom stereocenters. The molecule has 1 N–H and O–H groups in total. The zero-order valence-electron chi connectivity index (χ0n) is 11.4. The van der Waals surface area contributed by atoms with E-state index in [9.17, 15) is 0 Å². The molecule has 0 aromatic heterocycles. The molecule has 1 aliphatic rings. The highest BCUT2D eigenvalue weighted by Crippen LogP contribution is 2.21. The number of nitrogens with zero attached hydrogens (tertiary/aromatic N) is 1. The van der Waals surface area contributed by atoms with Crippen LogP contribution in [0.5, 0.6) is 5.75 Å². The summed E-state index contributed by atoms with van der Waals surface area (Å²) in [5.41, 5.74) is 0. The molecule has 1 unspecified atom stereocenters. The van der Waals surface area contributed by atoms with Gasteiger partial charge in [-0.1, -0.05) is 30.3 Å². The third kappa shape index (κ3) is 3.28. The minimum atomic E-state index is -0.0945. The number of hydrogen-bond donors (Lipinski definition) is 1. The Morgan fingerprint density at radius 2 is 2.00 bits per heavy atom. The predicted molar refractivity (Wildman–Crippen MR) is 79.6 cm³/mol. The second kappa shape index (κ2) is 5.94. The third-order valence-electron chi connectivity index (χ3n) is 3.57. The quantitative estimate of drug-likeness (QED) is 0.873. The van der Waals surface area contributed by atoms with Gasteiger partial charge in [-0.15, -0.1) is 0 Å². The van der Waals surface area contributed by atoms with E-state index in [1.807, 2.05) is 24.3 Å². The van der Waals surface area contributed by atoms with E-state index in [-0.39, 0.29) is 6.04 Å². The van der Waals surface area contributed by atoms with Crippen molar-refractivity contribution in [3.8, 4) is 11.8 Å². The van der Waals surface area contributed by atoms with Gasteiger partial charge >= 0.3 is 0 Å². The van der Waals surface area contributed by atoms with Crippen LogP contribution in [0.1, 0.15) is 19.3 Å². The number of fused-ring (bicyclic) bond motifs is 1. The molecular weight excluding hydrogens is 248 g/mol. The first-order valence-corrected chi connectivity index (χ1v) is 7.12. The predicted octanol–water partition coefficient (Wildman–Crippen LogP) is 3.25. The minimum absolute atomic E-state index is 0.0945. The molecule has 3 heteroatoms. The van der Waals surface area contributed by atoms with Gasteiger partial charge in [-0.05, 0) is 35.7 Å². The Bertz CT molecular complexity index is 628. The Kier molecular flexibility index (Phi) is 3.85. The van der Waals surface area contributed by atoms with E-state index in [4.69, 9.17) is 10.00 Å². The lowest BCUT2D eigenvalue weighted by Crippen LogP contribution is -2.31. The summed E-state index contributed by atoms with van der Waals surface area (Å²) in [6.45, 7) is 0.566. The molecule has 102 valence electrons. The summed E-state index contributed by atoms with van der Waals surface area (Å²) < 4.78 is 5.76. The smallest absolute Gasteiger partial charge is 0.119 e. The summed E-state index contributed by atoms with van der Waals surface area (Å²) in [6, 6.07) is 17.1. The third-order valence-corrected chi connectivity index (χ3v) is 3.57. The van der Waals surface area contributed by atoms with Gasteiger partial charge in [0.2, 0.25) is 0 Å². The van der Waals surface area contributed by atoms with Crippen molar-refractivity contribution >= 4 is 10.8 Å². The second-order valence-electron chi connectivity index (χ2n) is 5.27. The number of hydrogen-bond acceptors (Lipinski definition) is 3. The van der Waals surface area contributed by atoms with Gasteiger partial charge < -0.3 is 4.74 Å². The largest absolute Gasteiger partial charge is 0.493 e. The first-order valence-electron chi connectivity index (χ1n) is 7.12. The van der Waals surface area contributed by atoms with Crippen molar-refractivity contribution in [3.05, 3.63) is 42.5 Å². The summed E-state index contributed by atoms with van der Waals surface area (Å²) in [5.74, 6) is 0.867. The molecule has 0 heterocycles. The summed E-state index contributed by atoms with van der Waals surface area (Å²) >= 11 is 0. The van der Waals surface area contributed by atoms with E-state index in [1.54, 1.807) is 0 Å². The standard InChI is InChI=1S/C17H18N2O/c18-12-16(19-15-6-7-15)9-10-20-17-8-5-13-3-1-2-4-14(13)11-17/h1-5,8,11,15-16,19H,6-7,9-10H2. The molecule has 3 nitrogen and oxygen atoms in total. The highest BCUT2D eigenvalue weighted by Gasteiger charge is 2.24. The Balaban J connectivity index is 1.55. The SMILES string of the molecule is N#CC(CCOc1ccc2ccccc2c1)NC1CC1. The van der Waals surface area contributed by atoms with Gasteiger partial charge in [-0.3, -0.25) is 5.32 Å². The van der Waals surface area contributed by atoms with Crippen LogP contribution in [0.2, 0.25) is 0 Å². The fourth-order valence-electron chi connectivity index (χ4n) is 2.27. The van der Waals surface area contributed by atoms with Gasteiger partial charge in [0.25, 0.3) is 0 Å². The summed E-state index contributed by atoms with van der Waals surface area (Å²) in [4.78, 5) is 0. The molecule has 0 amide bonds. The molecular formula is C17H18N2O. The van der Waals surface area contributed by atoms with Crippen molar-refractivity contribution in [2.75, 3.05) is 6.61 Å². The van der Waals surface area contributed by atoms with Crippen molar-refractivity contribution in [2.45, 2.75) is 31.3 Å². The number of nitriles is 1. The lowest BCUT2D eigenvalue weighted by molar-refractivity contribution is 0.297. The van der Waals surface area contributed by atoms with Crippen molar-refractivity contribution < 1.29 is 4.74 Å². The average Bonchev–Trinajstić information content (AvgIpc) is 3.30. The van der Waals surface area contributed by atoms with E-state index in [1.165, 1.54) is 23.6 Å². The molecule has 0 radical (unpaired) electrons. The van der Waals surface area contributed by atoms with Gasteiger partial charge in [0.15, 0.2) is 0 Å². The van der Waals surface area contributed by atoms with E-state index in [0.717, 1.165) is 12.2 Å². The summed E-state index contributed by atoms with van der Waals surface area (Å²) in [6.07, 6.45) is 3.12. The first-order chi connectivity index (χ1) is 9.85. The van der Waals surface area contributed by atoms with Crippen molar-refractivity contribution in [1.29, 1.82) is 5.26 Å². The van der Waals surface area contributed by atoms with Crippen LogP contribution in [0, 0.1) is 11.3 Å². The van der Waals surface area contributed by atoms with Gasteiger partial charge in [0, 0.05) is 12.5 Å². The van der Waals surface area contributed by atoms with Crippen LogP contribution in [0.25, 0.3) is 10.8 Å². The van der Waals surface area contributed by atoms with Crippen molar-refractivity contribution in [1.82, 2.24) is 5.32 Å². The molecule has 1 saturated carbocycles.